The summed E-state index contributed by atoms with van der Waals surface area (Å²) in [5.41, 5.74) is 0. The smallest absolute Gasteiger partial charge is 0.381 e. The molecule has 0 N–H and O–H groups in total. The largest absolute Gasteiger partial charge is 0.548 e. The van der Waals surface area contributed by atoms with Gasteiger partial charge in [-0.2, -0.15) is 0 Å². The van der Waals surface area contributed by atoms with E-state index in [2.05, 4.69) is 11.9 Å². The Kier molecular flexibility index (Phi) is 5.29. The molecule has 18 heavy (non-hydrogen) atoms. The van der Waals surface area contributed by atoms with Crippen molar-refractivity contribution in [2.24, 2.45) is 0 Å². The molecule has 1 aromatic heterocycles. The molecule has 0 aliphatic rings. The molecule has 0 fully saturated rings. The summed E-state index contributed by atoms with van der Waals surface area (Å²) in [6.07, 6.45) is 6.49. The molecule has 1 rings (SSSR count). The third-order valence-electron chi connectivity index (χ3n) is 2.74. The Morgan fingerprint density at radius 2 is 2.22 bits per heavy atom. The van der Waals surface area contributed by atoms with Crippen molar-refractivity contribution in [2.75, 3.05) is 0 Å². The molecule has 7 nitrogen and oxygen atoms in total. The molecular weight excluding hydrogens is 238 g/mol. The third-order valence-corrected chi connectivity index (χ3v) is 2.74. The first-order valence-corrected chi connectivity index (χ1v) is 5.95. The molecule has 0 saturated carbocycles. The number of aromatic nitrogens is 2. The van der Waals surface area contributed by atoms with Gasteiger partial charge in [0.05, 0.1) is 12.0 Å². The Morgan fingerprint density at radius 3 is 2.72 bits per heavy atom. The van der Waals surface area contributed by atoms with Crippen LogP contribution in [0.25, 0.3) is 0 Å². The van der Waals surface area contributed by atoms with Crippen molar-refractivity contribution in [1.29, 1.82) is 0 Å². The number of hydrogen-bond donors (Lipinski definition) is 0. The van der Waals surface area contributed by atoms with E-state index >= 15 is 0 Å². The summed E-state index contributed by atoms with van der Waals surface area (Å²) in [6, 6.07) is -0.886. The van der Waals surface area contributed by atoms with Crippen molar-refractivity contribution in [1.82, 2.24) is 9.55 Å². The van der Waals surface area contributed by atoms with E-state index in [4.69, 9.17) is 0 Å². The molecule has 0 radical (unpaired) electrons. The van der Waals surface area contributed by atoms with Crippen LogP contribution in [-0.4, -0.2) is 20.4 Å². The van der Waals surface area contributed by atoms with Crippen molar-refractivity contribution in [3.8, 4) is 0 Å². The van der Waals surface area contributed by atoms with Crippen molar-refractivity contribution >= 4 is 11.8 Å². The molecule has 100 valence electrons. The summed E-state index contributed by atoms with van der Waals surface area (Å²) in [6.45, 7) is 2.06. The second-order valence-corrected chi connectivity index (χ2v) is 4.12. The lowest BCUT2D eigenvalue weighted by Crippen LogP contribution is -2.32. The highest BCUT2D eigenvalue weighted by molar-refractivity contribution is 5.69. The van der Waals surface area contributed by atoms with Crippen molar-refractivity contribution in [3.63, 3.8) is 0 Å². The van der Waals surface area contributed by atoms with Crippen LogP contribution in [0, 0.1) is 10.1 Å². The van der Waals surface area contributed by atoms with Crippen molar-refractivity contribution in [3.05, 3.63) is 22.6 Å². The molecule has 1 atom stereocenters. The van der Waals surface area contributed by atoms with Crippen LogP contribution in [0.15, 0.2) is 12.5 Å². The van der Waals surface area contributed by atoms with Gasteiger partial charge in [-0.15, -0.1) is 0 Å². The number of rotatable bonds is 8. The molecule has 0 aromatic carbocycles. The van der Waals surface area contributed by atoms with Gasteiger partial charge in [-0.25, -0.2) is 0 Å². The summed E-state index contributed by atoms with van der Waals surface area (Å²) >= 11 is 0. The number of aliphatic carboxylic acids is 1. The Balaban J connectivity index is 2.65. The van der Waals surface area contributed by atoms with Crippen LogP contribution in [0.2, 0.25) is 0 Å². The highest BCUT2D eigenvalue weighted by Gasteiger charge is 2.17. The van der Waals surface area contributed by atoms with Gasteiger partial charge in [-0.05, 0) is 16.3 Å². The fourth-order valence-corrected chi connectivity index (χ4v) is 1.74. The molecule has 0 saturated heterocycles. The first-order valence-electron chi connectivity index (χ1n) is 5.95. The van der Waals surface area contributed by atoms with Crippen molar-refractivity contribution in [2.45, 2.75) is 45.1 Å². The van der Waals surface area contributed by atoms with Crippen LogP contribution >= 0.6 is 0 Å². The molecule has 1 aromatic rings. The van der Waals surface area contributed by atoms with Gasteiger partial charge in [-0.3, -0.25) is 0 Å². The Labute approximate surface area is 105 Å². The van der Waals surface area contributed by atoms with E-state index in [0.717, 1.165) is 31.9 Å². The van der Waals surface area contributed by atoms with Gasteiger partial charge in [0, 0.05) is 0 Å². The number of nitrogens with zero attached hydrogens (tertiary/aromatic N) is 3. The maximum atomic E-state index is 11.0. The van der Waals surface area contributed by atoms with Crippen LogP contribution in [0.1, 0.15) is 45.1 Å². The molecule has 0 amide bonds. The summed E-state index contributed by atoms with van der Waals surface area (Å²) in [5.74, 6) is -1.59. The number of carboxylic acids is 1. The number of carbonyl (C=O) groups excluding carboxylic acids is 1. The first-order chi connectivity index (χ1) is 8.56. The summed E-state index contributed by atoms with van der Waals surface area (Å²) in [7, 11) is 0. The number of imidazole rings is 1. The second-order valence-electron chi connectivity index (χ2n) is 4.12. The maximum Gasteiger partial charge on any atom is 0.381 e. The number of carbonyl (C=O) groups is 1. The standard InChI is InChI=1S/C11H17N3O4/c1-2-3-4-5-6-9(11(15)16)13-7-10(12-8-13)14(17)18/h7-9H,2-6H2,1H3,(H,15,16)/p-1. The number of unbranched alkanes of at least 4 members (excludes halogenated alkanes) is 3. The van der Waals surface area contributed by atoms with Crippen molar-refractivity contribution < 1.29 is 14.8 Å². The van der Waals surface area contributed by atoms with Gasteiger partial charge in [0.15, 0.2) is 0 Å². The van der Waals surface area contributed by atoms with Gasteiger partial charge in [-0.1, -0.05) is 32.6 Å². The molecule has 0 spiro atoms. The predicted octanol–water partition coefficient (Wildman–Crippen LogP) is 1.05. The Hall–Kier alpha value is -1.92. The van der Waals surface area contributed by atoms with Crippen LogP contribution in [-0.2, 0) is 4.79 Å². The maximum absolute atomic E-state index is 11.0. The quantitative estimate of drug-likeness (QED) is 0.392. The number of hydrogen-bond acceptors (Lipinski definition) is 5. The van der Waals surface area contributed by atoms with Crippen LogP contribution in [0.3, 0.4) is 0 Å². The fourth-order valence-electron chi connectivity index (χ4n) is 1.74. The number of nitro groups is 1. The summed E-state index contributed by atoms with van der Waals surface area (Å²) in [5, 5.41) is 21.5. The van der Waals surface area contributed by atoms with Gasteiger partial charge >= 0.3 is 5.82 Å². The van der Waals surface area contributed by atoms with Crippen LogP contribution < -0.4 is 5.11 Å². The minimum Gasteiger partial charge on any atom is -0.548 e. The average Bonchev–Trinajstić information content (AvgIpc) is 2.77. The lowest BCUT2D eigenvalue weighted by Gasteiger charge is -2.18. The SMILES string of the molecule is CCCCCCC(C(=O)[O-])n1cnc([N+](=O)[O-])c1. The summed E-state index contributed by atoms with van der Waals surface area (Å²) < 4.78 is 1.24. The molecule has 1 heterocycles. The highest BCUT2D eigenvalue weighted by Crippen LogP contribution is 2.18. The van der Waals surface area contributed by atoms with Gasteiger partial charge in [0.2, 0.25) is 6.33 Å². The first kappa shape index (κ1) is 14.1. The van der Waals surface area contributed by atoms with E-state index in [1.165, 1.54) is 10.9 Å². The zero-order valence-electron chi connectivity index (χ0n) is 10.2. The van der Waals surface area contributed by atoms with Gasteiger partial charge in [0.25, 0.3) is 0 Å². The van der Waals surface area contributed by atoms with Crippen LogP contribution in [0.4, 0.5) is 5.82 Å². The Bertz CT molecular complexity index is 416. The Morgan fingerprint density at radius 1 is 1.50 bits per heavy atom. The highest BCUT2D eigenvalue weighted by atomic mass is 16.6. The summed E-state index contributed by atoms with van der Waals surface area (Å²) in [4.78, 5) is 24.4. The zero-order valence-corrected chi connectivity index (χ0v) is 10.2. The van der Waals surface area contributed by atoms with Gasteiger partial charge in [0.1, 0.15) is 6.20 Å². The molecule has 7 heteroatoms. The second kappa shape index (κ2) is 6.73. The molecule has 0 aliphatic carbocycles. The van der Waals surface area contributed by atoms with Gasteiger partial charge < -0.3 is 24.6 Å². The topological polar surface area (TPSA) is 101 Å². The number of carboxylic acid groups (broad SMARTS) is 1. The van der Waals surface area contributed by atoms with E-state index < -0.39 is 16.9 Å². The molecule has 0 bridgehead atoms. The zero-order chi connectivity index (χ0) is 13.5. The fraction of sp³-hybridized carbons (Fsp3) is 0.636. The van der Waals surface area contributed by atoms with E-state index in [1.807, 2.05) is 0 Å². The molecule has 1 unspecified atom stereocenters. The van der Waals surface area contributed by atoms with E-state index in [9.17, 15) is 20.0 Å². The molecule has 0 aliphatic heterocycles. The normalized spacial score (nSPS) is 12.3. The third kappa shape index (κ3) is 3.83. The lowest BCUT2D eigenvalue weighted by atomic mass is 10.1. The van der Waals surface area contributed by atoms with E-state index in [1.54, 1.807) is 0 Å². The van der Waals surface area contributed by atoms with E-state index in [0.29, 0.717) is 6.42 Å². The minimum atomic E-state index is -1.24. The average molecular weight is 254 g/mol. The van der Waals surface area contributed by atoms with E-state index in [-0.39, 0.29) is 5.82 Å². The lowest BCUT2D eigenvalue weighted by molar-refractivity contribution is -0.389. The van der Waals surface area contributed by atoms with Crippen LogP contribution in [0.5, 0.6) is 0 Å². The molecular formula is C11H16N3O4-. The monoisotopic (exact) mass is 254 g/mol. The predicted molar refractivity (Wildman–Crippen MR) is 61.7 cm³/mol. The minimum absolute atomic E-state index is 0.352.